The van der Waals surface area contributed by atoms with Crippen molar-refractivity contribution in [1.82, 2.24) is 5.32 Å². The van der Waals surface area contributed by atoms with E-state index in [2.05, 4.69) is 11.4 Å². The Morgan fingerprint density at radius 2 is 1.75 bits per heavy atom. The molecule has 0 saturated heterocycles. The number of nitriles is 1. The maximum Gasteiger partial charge on any atom is 0.252 e. The molecule has 28 heavy (non-hydrogen) atoms. The van der Waals surface area contributed by atoms with Crippen molar-refractivity contribution in [2.75, 3.05) is 13.2 Å². The Balaban J connectivity index is 1.21. The Bertz CT molecular complexity index is 652. The van der Waals surface area contributed by atoms with Gasteiger partial charge in [-0.2, -0.15) is 5.26 Å². The molecule has 0 heterocycles. The summed E-state index contributed by atoms with van der Waals surface area (Å²) in [5.74, 6) is 0.694. The monoisotopic (exact) mass is 382 g/mol. The summed E-state index contributed by atoms with van der Waals surface area (Å²) in [4.78, 5) is 12.2. The fraction of sp³-hybridized carbons (Fsp3) is 0.667. The fourth-order valence-electron chi connectivity index (χ4n) is 3.99. The molecule has 0 unspecified atom stereocenters. The number of hydrogen-bond donors (Lipinski definition) is 1. The minimum absolute atomic E-state index is 0.138. The number of rotatable bonds is 12. The molecule has 3 rings (SSSR count). The van der Waals surface area contributed by atoms with Gasteiger partial charge in [0.25, 0.3) is 5.91 Å². The van der Waals surface area contributed by atoms with Crippen LogP contribution in [0.2, 0.25) is 0 Å². The second kappa shape index (κ2) is 10.6. The van der Waals surface area contributed by atoms with E-state index in [1.54, 1.807) is 0 Å². The van der Waals surface area contributed by atoms with Crippen LogP contribution in [0, 0.1) is 17.2 Å². The molecular formula is C24H34N2O2. The average Bonchev–Trinajstić information content (AvgIpc) is 3.29. The molecule has 0 atom stereocenters. The van der Waals surface area contributed by atoms with Crippen molar-refractivity contribution in [2.45, 2.75) is 82.6 Å². The molecule has 1 aromatic rings. The van der Waals surface area contributed by atoms with Gasteiger partial charge in [-0.3, -0.25) is 4.79 Å². The Labute approximate surface area is 169 Å². The average molecular weight is 383 g/mol. The highest BCUT2D eigenvalue weighted by Gasteiger charge is 2.44. The second-order valence-electron chi connectivity index (χ2n) is 8.59. The molecule has 1 amide bonds. The van der Waals surface area contributed by atoms with Crippen LogP contribution >= 0.6 is 0 Å². The molecule has 0 spiro atoms. The number of nitrogens with zero attached hydrogens (tertiary/aromatic N) is 1. The van der Waals surface area contributed by atoms with E-state index in [4.69, 9.17) is 10.00 Å². The third-order valence-corrected chi connectivity index (χ3v) is 6.12. The number of ether oxygens (including phenoxy) is 1. The summed E-state index contributed by atoms with van der Waals surface area (Å²) in [6.45, 7) is 1.90. The van der Waals surface area contributed by atoms with Crippen LogP contribution < -0.4 is 5.32 Å². The Kier molecular flexibility index (Phi) is 7.91. The van der Waals surface area contributed by atoms with Gasteiger partial charge in [-0.25, -0.2) is 0 Å². The van der Waals surface area contributed by atoms with E-state index in [1.807, 2.05) is 24.3 Å². The summed E-state index contributed by atoms with van der Waals surface area (Å²) in [5, 5.41) is 11.9. The zero-order valence-corrected chi connectivity index (χ0v) is 17.0. The Morgan fingerprint density at radius 3 is 2.43 bits per heavy atom. The first-order chi connectivity index (χ1) is 13.7. The van der Waals surface area contributed by atoms with Crippen molar-refractivity contribution in [3.8, 4) is 6.07 Å². The van der Waals surface area contributed by atoms with Gasteiger partial charge in [-0.15, -0.1) is 0 Å². The lowest BCUT2D eigenvalue weighted by atomic mass is 10.0. The highest BCUT2D eigenvalue weighted by molar-refractivity contribution is 5.95. The van der Waals surface area contributed by atoms with E-state index >= 15 is 0 Å². The van der Waals surface area contributed by atoms with Crippen molar-refractivity contribution < 1.29 is 9.53 Å². The number of aryl methyl sites for hydroxylation is 1. The summed E-state index contributed by atoms with van der Waals surface area (Å²) >= 11 is 0. The first kappa shape index (κ1) is 20.9. The maximum atomic E-state index is 12.2. The second-order valence-corrected chi connectivity index (χ2v) is 8.59. The predicted octanol–water partition coefficient (Wildman–Crippen LogP) is 5.17. The first-order valence-electron chi connectivity index (χ1n) is 11.1. The topological polar surface area (TPSA) is 62.1 Å². The smallest absolute Gasteiger partial charge is 0.252 e. The number of amides is 1. The van der Waals surface area contributed by atoms with Gasteiger partial charge >= 0.3 is 0 Å². The SMILES string of the molecule is N#CC1(NC(=O)c2ccc(CCCCCCCOCC3CCCC3)cc2)CC1. The van der Waals surface area contributed by atoms with E-state index in [-0.39, 0.29) is 5.91 Å². The third-order valence-electron chi connectivity index (χ3n) is 6.12. The molecule has 0 aromatic heterocycles. The molecule has 2 aliphatic carbocycles. The quantitative estimate of drug-likeness (QED) is 0.507. The molecule has 0 radical (unpaired) electrons. The van der Waals surface area contributed by atoms with Crippen LogP contribution in [0.5, 0.6) is 0 Å². The third kappa shape index (κ3) is 6.63. The molecule has 1 N–H and O–H groups in total. The number of carbonyl (C=O) groups is 1. The predicted molar refractivity (Wildman–Crippen MR) is 111 cm³/mol. The van der Waals surface area contributed by atoms with Crippen molar-refractivity contribution >= 4 is 5.91 Å². The molecule has 2 fully saturated rings. The molecular weight excluding hydrogens is 348 g/mol. The van der Waals surface area contributed by atoms with Crippen LogP contribution in [-0.2, 0) is 11.2 Å². The van der Waals surface area contributed by atoms with Crippen molar-refractivity contribution in [2.24, 2.45) is 5.92 Å². The van der Waals surface area contributed by atoms with Gasteiger partial charge in [0.1, 0.15) is 5.54 Å². The lowest BCUT2D eigenvalue weighted by molar-refractivity contribution is 0.0941. The van der Waals surface area contributed by atoms with Crippen LogP contribution in [0.15, 0.2) is 24.3 Å². The van der Waals surface area contributed by atoms with E-state index in [1.165, 1.54) is 63.4 Å². The van der Waals surface area contributed by atoms with Crippen molar-refractivity contribution in [1.29, 1.82) is 5.26 Å². The van der Waals surface area contributed by atoms with E-state index in [0.29, 0.717) is 5.56 Å². The Hall–Kier alpha value is -1.86. The van der Waals surface area contributed by atoms with Gasteiger partial charge in [0, 0.05) is 18.8 Å². The van der Waals surface area contributed by atoms with Gasteiger partial charge in [-0.1, -0.05) is 44.2 Å². The number of unbranched alkanes of at least 4 members (excludes halogenated alkanes) is 4. The maximum absolute atomic E-state index is 12.2. The van der Waals surface area contributed by atoms with Crippen LogP contribution in [0.25, 0.3) is 0 Å². The normalized spacial score (nSPS) is 18.0. The summed E-state index contributed by atoms with van der Waals surface area (Å²) in [7, 11) is 0. The molecule has 0 bridgehead atoms. The standard InChI is InChI=1S/C24H34N2O2/c25-19-24(15-16-24)26-23(27)22-13-11-20(12-14-22)8-4-2-1-3-7-17-28-18-21-9-5-6-10-21/h11-14,21H,1-10,15-18H2,(H,26,27). The summed E-state index contributed by atoms with van der Waals surface area (Å²) in [6, 6.07) is 10.0. The van der Waals surface area contributed by atoms with Crippen LogP contribution in [0.3, 0.4) is 0 Å². The molecule has 2 aliphatic rings. The molecule has 4 nitrogen and oxygen atoms in total. The molecule has 2 saturated carbocycles. The van der Waals surface area contributed by atoms with E-state index in [9.17, 15) is 4.79 Å². The van der Waals surface area contributed by atoms with E-state index < -0.39 is 5.54 Å². The number of hydrogen-bond acceptors (Lipinski definition) is 3. The highest BCUT2D eigenvalue weighted by atomic mass is 16.5. The van der Waals surface area contributed by atoms with Crippen LogP contribution in [0.4, 0.5) is 0 Å². The fourth-order valence-corrected chi connectivity index (χ4v) is 3.99. The van der Waals surface area contributed by atoms with Crippen molar-refractivity contribution in [3.05, 3.63) is 35.4 Å². The van der Waals surface area contributed by atoms with Crippen LogP contribution in [0.1, 0.15) is 86.6 Å². The zero-order chi connectivity index (χ0) is 19.7. The number of nitrogens with one attached hydrogen (secondary N) is 1. The summed E-state index contributed by atoms with van der Waals surface area (Å²) in [6.07, 6.45) is 14.2. The highest BCUT2D eigenvalue weighted by Crippen LogP contribution is 2.34. The Morgan fingerprint density at radius 1 is 1.07 bits per heavy atom. The number of carbonyl (C=O) groups excluding carboxylic acids is 1. The van der Waals surface area contributed by atoms with Gasteiger partial charge in [0.15, 0.2) is 0 Å². The van der Waals surface area contributed by atoms with E-state index in [0.717, 1.165) is 38.4 Å². The molecule has 152 valence electrons. The van der Waals surface area contributed by atoms with Crippen LogP contribution in [-0.4, -0.2) is 24.7 Å². The largest absolute Gasteiger partial charge is 0.381 e. The van der Waals surface area contributed by atoms with Crippen molar-refractivity contribution in [3.63, 3.8) is 0 Å². The molecule has 1 aromatic carbocycles. The first-order valence-corrected chi connectivity index (χ1v) is 11.1. The zero-order valence-electron chi connectivity index (χ0n) is 17.0. The minimum atomic E-state index is -0.600. The lowest BCUT2D eigenvalue weighted by Crippen LogP contribution is -2.35. The minimum Gasteiger partial charge on any atom is -0.381 e. The summed E-state index contributed by atoms with van der Waals surface area (Å²) < 4.78 is 5.81. The van der Waals surface area contributed by atoms with Gasteiger partial charge in [0.05, 0.1) is 6.07 Å². The lowest BCUT2D eigenvalue weighted by Gasteiger charge is -2.10. The summed E-state index contributed by atoms with van der Waals surface area (Å²) in [5.41, 5.74) is 1.32. The van der Waals surface area contributed by atoms with Gasteiger partial charge < -0.3 is 10.1 Å². The number of benzene rings is 1. The van der Waals surface area contributed by atoms with Gasteiger partial charge in [-0.05, 0) is 68.6 Å². The van der Waals surface area contributed by atoms with Gasteiger partial charge in [0.2, 0.25) is 0 Å². The molecule has 4 heteroatoms. The molecule has 0 aliphatic heterocycles.